The van der Waals surface area contributed by atoms with Crippen molar-refractivity contribution < 1.29 is 18.0 Å². The Bertz CT molecular complexity index is 850. The van der Waals surface area contributed by atoms with Crippen LogP contribution in [0.15, 0.2) is 48.5 Å². The van der Waals surface area contributed by atoms with Crippen LogP contribution in [0.1, 0.15) is 18.4 Å². The van der Waals surface area contributed by atoms with Gasteiger partial charge in [0.05, 0.1) is 16.9 Å². The number of hydrogen-bond acceptors (Lipinski definition) is 3. The number of hydrogen-bond donors (Lipinski definition) is 1. The molecule has 2 aliphatic heterocycles. The summed E-state index contributed by atoms with van der Waals surface area (Å²) in [5.41, 5.74) is 7.55. The average Bonchev–Trinajstić information content (AvgIpc) is 2.66. The van der Waals surface area contributed by atoms with Crippen LogP contribution in [0.2, 0.25) is 0 Å². The van der Waals surface area contributed by atoms with Gasteiger partial charge in [-0.2, -0.15) is 13.2 Å². The number of carbonyl (C=O) groups excluding carboxylic acids is 1. The van der Waals surface area contributed by atoms with E-state index in [2.05, 4.69) is 4.90 Å². The Morgan fingerprint density at radius 2 is 1.70 bits per heavy atom. The van der Waals surface area contributed by atoms with E-state index < -0.39 is 11.7 Å². The number of carbonyl (C=O) groups is 1. The fraction of sp³-hybridized carbons (Fsp3) is 0.350. The van der Waals surface area contributed by atoms with Gasteiger partial charge in [-0.25, -0.2) is 0 Å². The van der Waals surface area contributed by atoms with Gasteiger partial charge in [-0.05, 0) is 49.2 Å². The monoisotopic (exact) mass is 375 g/mol. The molecule has 4 nitrogen and oxygen atoms in total. The van der Waals surface area contributed by atoms with Crippen LogP contribution in [0, 0.1) is 5.92 Å². The first-order valence-corrected chi connectivity index (χ1v) is 8.94. The number of amides is 1. The molecule has 0 aromatic heterocycles. The third-order valence-electron chi connectivity index (χ3n) is 5.50. The Balaban J connectivity index is 1.69. The largest absolute Gasteiger partial charge is 0.416 e. The van der Waals surface area contributed by atoms with Gasteiger partial charge in [0.15, 0.2) is 0 Å². The Hall–Kier alpha value is -2.70. The topological polar surface area (TPSA) is 49.6 Å². The number of benzene rings is 2. The van der Waals surface area contributed by atoms with Crippen LogP contribution >= 0.6 is 0 Å². The van der Waals surface area contributed by atoms with Crippen LogP contribution in [-0.4, -0.2) is 25.0 Å². The zero-order valence-corrected chi connectivity index (χ0v) is 14.6. The molecule has 0 unspecified atom stereocenters. The molecule has 142 valence electrons. The van der Waals surface area contributed by atoms with E-state index in [0.717, 1.165) is 36.5 Å². The lowest BCUT2D eigenvalue weighted by Gasteiger charge is -2.48. The van der Waals surface area contributed by atoms with E-state index in [9.17, 15) is 18.0 Å². The highest BCUT2D eigenvalue weighted by Gasteiger charge is 2.38. The maximum absolute atomic E-state index is 12.9. The van der Waals surface area contributed by atoms with Gasteiger partial charge in [0.1, 0.15) is 0 Å². The summed E-state index contributed by atoms with van der Waals surface area (Å²) < 4.78 is 38.6. The summed E-state index contributed by atoms with van der Waals surface area (Å²) in [6.07, 6.45) is -2.98. The Kier molecular flexibility index (Phi) is 4.25. The zero-order valence-electron chi connectivity index (χ0n) is 14.6. The predicted molar refractivity (Wildman–Crippen MR) is 97.9 cm³/mol. The van der Waals surface area contributed by atoms with E-state index in [4.69, 9.17) is 5.73 Å². The molecule has 0 radical (unpaired) electrons. The third kappa shape index (κ3) is 3.22. The summed E-state index contributed by atoms with van der Waals surface area (Å²) in [6.45, 7) is 1.35. The second-order valence-corrected chi connectivity index (χ2v) is 7.11. The number of anilines is 3. The lowest BCUT2D eigenvalue weighted by molar-refractivity contribution is -0.137. The predicted octanol–water partition coefficient (Wildman–Crippen LogP) is 3.93. The summed E-state index contributed by atoms with van der Waals surface area (Å²) in [6, 6.07) is 13.2. The average molecular weight is 375 g/mol. The molecule has 2 aliphatic rings. The van der Waals surface area contributed by atoms with E-state index in [1.165, 1.54) is 12.1 Å². The number of primary amides is 1. The van der Waals surface area contributed by atoms with Crippen LogP contribution in [0.3, 0.4) is 0 Å². The van der Waals surface area contributed by atoms with Gasteiger partial charge in [-0.3, -0.25) is 4.79 Å². The third-order valence-corrected chi connectivity index (χ3v) is 5.50. The van der Waals surface area contributed by atoms with Gasteiger partial charge in [-0.15, -0.1) is 0 Å². The fourth-order valence-electron chi connectivity index (χ4n) is 4.12. The van der Waals surface area contributed by atoms with Gasteiger partial charge in [-0.1, -0.05) is 12.1 Å². The summed E-state index contributed by atoms with van der Waals surface area (Å²) in [4.78, 5) is 16.0. The summed E-state index contributed by atoms with van der Waals surface area (Å²) in [5.74, 6) is -0.444. The van der Waals surface area contributed by atoms with Gasteiger partial charge < -0.3 is 15.5 Å². The molecule has 7 heteroatoms. The van der Waals surface area contributed by atoms with Gasteiger partial charge in [0, 0.05) is 30.7 Å². The van der Waals surface area contributed by atoms with Crippen molar-refractivity contribution >= 4 is 23.0 Å². The molecule has 2 N–H and O–H groups in total. The minimum Gasteiger partial charge on any atom is -0.369 e. The molecule has 2 aromatic carbocycles. The van der Waals surface area contributed by atoms with Crippen LogP contribution in [0.5, 0.6) is 0 Å². The Morgan fingerprint density at radius 1 is 1.04 bits per heavy atom. The molecular weight excluding hydrogens is 355 g/mol. The molecule has 0 saturated carbocycles. The minimum absolute atomic E-state index is 0.0912. The smallest absolute Gasteiger partial charge is 0.369 e. The molecule has 1 fully saturated rings. The highest BCUT2D eigenvalue weighted by Crippen LogP contribution is 2.43. The first-order chi connectivity index (χ1) is 12.8. The second kappa shape index (κ2) is 6.48. The van der Waals surface area contributed by atoms with E-state index in [1.54, 1.807) is 0 Å². The van der Waals surface area contributed by atoms with Crippen LogP contribution in [0.25, 0.3) is 0 Å². The van der Waals surface area contributed by atoms with Crippen LogP contribution < -0.4 is 15.5 Å². The van der Waals surface area contributed by atoms with Crippen molar-refractivity contribution in [2.45, 2.75) is 25.1 Å². The number of fused-ring (bicyclic) bond motifs is 3. The molecule has 1 saturated heterocycles. The standard InChI is InChI=1S/C20H20F3N3O/c21-20(22,23)14-5-7-15(8-6-14)26-12-16-11-13(19(24)27)9-10-25(16)17-3-1-2-4-18(17)26/h1-8,13,16H,9-12H2,(H2,24,27)/t13-,16-/m1/s1. The normalized spacial score (nSPS) is 22.2. The molecular formula is C20H20F3N3O. The van der Waals surface area contributed by atoms with Crippen molar-refractivity contribution in [2.24, 2.45) is 11.7 Å². The van der Waals surface area contributed by atoms with Crippen molar-refractivity contribution in [1.29, 1.82) is 0 Å². The van der Waals surface area contributed by atoms with Crippen LogP contribution in [0.4, 0.5) is 30.2 Å². The minimum atomic E-state index is -4.35. The maximum atomic E-state index is 12.9. The number of halogens is 3. The van der Waals surface area contributed by atoms with E-state index in [0.29, 0.717) is 18.7 Å². The number of alkyl halides is 3. The SMILES string of the molecule is NC(=O)[C@@H]1CCN2c3ccccc3N(c3ccc(C(F)(F)F)cc3)C[C@H]2C1. The Labute approximate surface area is 155 Å². The summed E-state index contributed by atoms with van der Waals surface area (Å²) in [7, 11) is 0. The quantitative estimate of drug-likeness (QED) is 0.865. The van der Waals surface area contributed by atoms with E-state index in [-0.39, 0.29) is 17.9 Å². The van der Waals surface area contributed by atoms with Gasteiger partial charge in [0.25, 0.3) is 0 Å². The molecule has 1 amide bonds. The van der Waals surface area contributed by atoms with Crippen molar-refractivity contribution in [3.05, 3.63) is 54.1 Å². The fourth-order valence-corrected chi connectivity index (χ4v) is 4.12. The van der Waals surface area contributed by atoms with Gasteiger partial charge in [0.2, 0.25) is 5.91 Å². The highest BCUT2D eigenvalue weighted by atomic mass is 19.4. The number of nitrogens with zero attached hydrogens (tertiary/aromatic N) is 2. The lowest BCUT2D eigenvalue weighted by atomic mass is 9.87. The number of nitrogens with two attached hydrogens (primary N) is 1. The molecule has 27 heavy (non-hydrogen) atoms. The van der Waals surface area contributed by atoms with Crippen molar-refractivity contribution in [1.82, 2.24) is 0 Å². The molecule has 0 bridgehead atoms. The second-order valence-electron chi connectivity index (χ2n) is 7.11. The number of rotatable bonds is 2. The number of para-hydroxylation sites is 2. The molecule has 2 atom stereocenters. The van der Waals surface area contributed by atoms with Crippen LogP contribution in [-0.2, 0) is 11.0 Å². The van der Waals surface area contributed by atoms with E-state index in [1.807, 2.05) is 29.2 Å². The molecule has 2 heterocycles. The summed E-state index contributed by atoms with van der Waals surface area (Å²) >= 11 is 0. The zero-order chi connectivity index (χ0) is 19.2. The summed E-state index contributed by atoms with van der Waals surface area (Å²) in [5, 5.41) is 0. The molecule has 0 aliphatic carbocycles. The van der Waals surface area contributed by atoms with Gasteiger partial charge >= 0.3 is 6.18 Å². The van der Waals surface area contributed by atoms with Crippen molar-refractivity contribution in [2.75, 3.05) is 22.9 Å². The molecule has 2 aromatic rings. The Morgan fingerprint density at radius 3 is 2.33 bits per heavy atom. The van der Waals surface area contributed by atoms with Crippen molar-refractivity contribution in [3.63, 3.8) is 0 Å². The first-order valence-electron chi connectivity index (χ1n) is 8.94. The van der Waals surface area contributed by atoms with Crippen molar-refractivity contribution in [3.8, 4) is 0 Å². The maximum Gasteiger partial charge on any atom is 0.416 e. The lowest BCUT2D eigenvalue weighted by Crippen LogP contribution is -2.53. The number of piperidine rings is 1. The molecule has 4 rings (SSSR count). The molecule has 0 spiro atoms. The highest BCUT2D eigenvalue weighted by molar-refractivity contribution is 5.81. The first kappa shape index (κ1) is 17.7. The van der Waals surface area contributed by atoms with E-state index >= 15 is 0 Å².